The molecule has 1 amide bonds. The van der Waals surface area contributed by atoms with Crippen molar-refractivity contribution in [2.75, 3.05) is 11.9 Å². The average molecular weight is 198 g/mol. The summed E-state index contributed by atoms with van der Waals surface area (Å²) in [5.74, 6) is 0.575. The van der Waals surface area contributed by atoms with E-state index in [1.807, 2.05) is 0 Å². The van der Waals surface area contributed by atoms with E-state index in [2.05, 4.69) is 10.4 Å². The predicted molar refractivity (Wildman–Crippen MR) is 51.7 cm³/mol. The highest BCUT2D eigenvalue weighted by atomic mass is 16.5. The van der Waals surface area contributed by atoms with E-state index in [9.17, 15) is 4.79 Å². The van der Waals surface area contributed by atoms with Crippen LogP contribution in [0.3, 0.4) is 0 Å². The molecule has 0 radical (unpaired) electrons. The van der Waals surface area contributed by atoms with Gasteiger partial charge in [0.25, 0.3) is 0 Å². The van der Waals surface area contributed by atoms with Gasteiger partial charge in [0.1, 0.15) is 5.82 Å². The van der Waals surface area contributed by atoms with Crippen molar-refractivity contribution < 1.29 is 9.53 Å². The van der Waals surface area contributed by atoms with Gasteiger partial charge in [-0.1, -0.05) is 0 Å². The van der Waals surface area contributed by atoms with Gasteiger partial charge in [0.15, 0.2) is 0 Å². The van der Waals surface area contributed by atoms with E-state index in [1.165, 1.54) is 0 Å². The first-order valence-electron chi connectivity index (χ1n) is 4.33. The van der Waals surface area contributed by atoms with Crippen molar-refractivity contribution in [3.8, 4) is 0 Å². The summed E-state index contributed by atoms with van der Waals surface area (Å²) in [5, 5.41) is 6.54. The maximum atomic E-state index is 11.1. The fourth-order valence-electron chi connectivity index (χ4n) is 1.06. The zero-order chi connectivity index (χ0) is 10.6. The minimum atomic E-state index is -0.495. The van der Waals surface area contributed by atoms with Gasteiger partial charge in [-0.05, 0) is 6.92 Å². The second-order valence-corrected chi connectivity index (χ2v) is 2.69. The van der Waals surface area contributed by atoms with Crippen LogP contribution in [0.4, 0.5) is 10.6 Å². The zero-order valence-corrected chi connectivity index (χ0v) is 8.28. The summed E-state index contributed by atoms with van der Waals surface area (Å²) in [6.07, 6.45) is 1.12. The highest BCUT2D eigenvalue weighted by Gasteiger charge is 2.10. The number of aromatic nitrogens is 2. The van der Waals surface area contributed by atoms with Gasteiger partial charge in [-0.25, -0.2) is 4.79 Å². The molecule has 1 rings (SSSR count). The minimum absolute atomic E-state index is 0.329. The summed E-state index contributed by atoms with van der Waals surface area (Å²) in [6, 6.07) is 0. The fourth-order valence-corrected chi connectivity index (χ4v) is 1.06. The van der Waals surface area contributed by atoms with Gasteiger partial charge < -0.3 is 10.5 Å². The number of nitrogens with two attached hydrogens (primary N) is 1. The molecule has 0 saturated heterocycles. The van der Waals surface area contributed by atoms with Gasteiger partial charge in [0.05, 0.1) is 12.8 Å². The summed E-state index contributed by atoms with van der Waals surface area (Å²) in [6.45, 7) is 2.41. The second-order valence-electron chi connectivity index (χ2n) is 2.69. The first-order valence-corrected chi connectivity index (χ1v) is 4.33. The van der Waals surface area contributed by atoms with E-state index in [-0.39, 0.29) is 0 Å². The lowest BCUT2D eigenvalue weighted by atomic mass is 10.3. The molecular weight excluding hydrogens is 184 g/mol. The topological polar surface area (TPSA) is 82.2 Å². The molecule has 0 atom stereocenters. The Balaban J connectivity index is 2.74. The summed E-state index contributed by atoms with van der Waals surface area (Å²) in [7, 11) is 1.72. The highest BCUT2D eigenvalue weighted by molar-refractivity contribution is 5.84. The summed E-state index contributed by atoms with van der Waals surface area (Å²) in [5.41, 5.74) is 6.25. The van der Waals surface area contributed by atoms with Gasteiger partial charge in [-0.15, -0.1) is 0 Å². The predicted octanol–water partition coefficient (Wildman–Crippen LogP) is 0.447. The number of amides is 1. The monoisotopic (exact) mass is 198 g/mol. The fraction of sp³-hybridized carbons (Fsp3) is 0.500. The molecule has 1 heterocycles. The van der Waals surface area contributed by atoms with Crippen LogP contribution in [0.5, 0.6) is 0 Å². The smallest absolute Gasteiger partial charge is 0.412 e. The van der Waals surface area contributed by atoms with Crippen molar-refractivity contribution in [1.82, 2.24) is 9.78 Å². The molecule has 14 heavy (non-hydrogen) atoms. The van der Waals surface area contributed by atoms with Crippen LogP contribution in [-0.4, -0.2) is 22.5 Å². The summed E-state index contributed by atoms with van der Waals surface area (Å²) < 4.78 is 6.28. The van der Waals surface area contributed by atoms with Crippen molar-refractivity contribution in [2.45, 2.75) is 13.5 Å². The third-order valence-corrected chi connectivity index (χ3v) is 1.73. The van der Waals surface area contributed by atoms with E-state index in [1.54, 1.807) is 24.9 Å². The van der Waals surface area contributed by atoms with Crippen molar-refractivity contribution in [2.24, 2.45) is 12.8 Å². The summed E-state index contributed by atoms with van der Waals surface area (Å²) >= 11 is 0. The number of aryl methyl sites for hydroxylation is 1. The van der Waals surface area contributed by atoms with Crippen LogP contribution in [0.1, 0.15) is 12.5 Å². The van der Waals surface area contributed by atoms with Gasteiger partial charge >= 0.3 is 6.09 Å². The van der Waals surface area contributed by atoms with E-state index in [4.69, 9.17) is 10.5 Å². The molecule has 1 aromatic heterocycles. The summed E-state index contributed by atoms with van der Waals surface area (Å²) in [4.78, 5) is 11.1. The van der Waals surface area contributed by atoms with Crippen LogP contribution in [0, 0.1) is 0 Å². The Labute approximate surface area is 82.0 Å². The van der Waals surface area contributed by atoms with E-state index >= 15 is 0 Å². The number of hydrogen-bond acceptors (Lipinski definition) is 4. The molecule has 0 spiro atoms. The van der Waals surface area contributed by atoms with Crippen molar-refractivity contribution >= 4 is 11.9 Å². The molecule has 0 aliphatic rings. The Morgan fingerprint density at radius 3 is 3.07 bits per heavy atom. The molecule has 0 saturated carbocycles. The quantitative estimate of drug-likeness (QED) is 0.738. The molecule has 0 aliphatic heterocycles. The first kappa shape index (κ1) is 10.5. The average Bonchev–Trinajstić information content (AvgIpc) is 2.48. The Morgan fingerprint density at radius 2 is 2.50 bits per heavy atom. The third kappa shape index (κ3) is 2.23. The minimum Gasteiger partial charge on any atom is -0.450 e. The number of carbonyl (C=O) groups excluding carboxylic acids is 1. The number of anilines is 1. The lowest BCUT2D eigenvalue weighted by molar-refractivity contribution is 0.167. The maximum absolute atomic E-state index is 11.1. The van der Waals surface area contributed by atoms with Crippen LogP contribution >= 0.6 is 0 Å². The van der Waals surface area contributed by atoms with E-state index in [0.717, 1.165) is 5.56 Å². The van der Waals surface area contributed by atoms with Crippen molar-refractivity contribution in [3.05, 3.63) is 11.8 Å². The van der Waals surface area contributed by atoms with Gasteiger partial charge in [0.2, 0.25) is 0 Å². The number of rotatable bonds is 3. The Morgan fingerprint density at radius 1 is 1.79 bits per heavy atom. The lowest BCUT2D eigenvalue weighted by Gasteiger charge is -2.06. The number of hydrogen-bond donors (Lipinski definition) is 2. The van der Waals surface area contributed by atoms with Crippen LogP contribution in [0.2, 0.25) is 0 Å². The standard InChI is InChI=1S/C8H14N4O2/c1-3-14-8(13)11-7-6(4-9)5-10-12(7)2/h5H,3-4,9H2,1-2H3,(H,11,13). The molecule has 0 fully saturated rings. The van der Waals surface area contributed by atoms with Gasteiger partial charge in [0, 0.05) is 19.2 Å². The van der Waals surface area contributed by atoms with E-state index in [0.29, 0.717) is 19.0 Å². The van der Waals surface area contributed by atoms with Crippen LogP contribution in [0.15, 0.2) is 6.20 Å². The molecule has 0 aromatic carbocycles. The zero-order valence-electron chi connectivity index (χ0n) is 8.28. The molecule has 78 valence electrons. The number of nitrogens with one attached hydrogen (secondary N) is 1. The number of carbonyl (C=O) groups is 1. The van der Waals surface area contributed by atoms with Crippen LogP contribution in [0.25, 0.3) is 0 Å². The molecule has 6 heteroatoms. The van der Waals surface area contributed by atoms with Crippen LogP contribution < -0.4 is 11.1 Å². The SMILES string of the molecule is CCOC(=O)Nc1c(CN)cnn1C. The van der Waals surface area contributed by atoms with Gasteiger partial charge in [-0.3, -0.25) is 10.00 Å². The third-order valence-electron chi connectivity index (χ3n) is 1.73. The number of nitrogens with zero attached hydrogens (tertiary/aromatic N) is 2. The normalized spacial score (nSPS) is 9.93. The molecule has 0 aliphatic carbocycles. The largest absolute Gasteiger partial charge is 0.450 e. The van der Waals surface area contributed by atoms with Crippen molar-refractivity contribution in [1.29, 1.82) is 0 Å². The molecule has 0 bridgehead atoms. The molecule has 1 aromatic rings. The molecule has 3 N–H and O–H groups in total. The lowest BCUT2D eigenvalue weighted by Crippen LogP contribution is -2.17. The van der Waals surface area contributed by atoms with Gasteiger partial charge in [-0.2, -0.15) is 5.10 Å². The Kier molecular flexibility index (Phi) is 3.47. The molecule has 6 nitrogen and oxygen atoms in total. The molecular formula is C8H14N4O2. The Bertz CT molecular complexity index is 321. The Hall–Kier alpha value is -1.56. The van der Waals surface area contributed by atoms with Crippen molar-refractivity contribution in [3.63, 3.8) is 0 Å². The van der Waals surface area contributed by atoms with E-state index < -0.39 is 6.09 Å². The number of ether oxygens (including phenoxy) is 1. The first-order chi connectivity index (χ1) is 6.69. The second kappa shape index (κ2) is 4.61. The maximum Gasteiger partial charge on any atom is 0.412 e. The van der Waals surface area contributed by atoms with Crippen LogP contribution in [-0.2, 0) is 18.3 Å². The highest BCUT2D eigenvalue weighted by Crippen LogP contribution is 2.12. The molecule has 0 unspecified atom stereocenters.